The Morgan fingerprint density at radius 3 is 2.67 bits per heavy atom. The third kappa shape index (κ3) is 3.19. The molecule has 0 aliphatic heterocycles. The summed E-state index contributed by atoms with van der Waals surface area (Å²) in [6.45, 7) is 8.07. The van der Waals surface area contributed by atoms with Gasteiger partial charge in [-0.3, -0.25) is 0 Å². The second kappa shape index (κ2) is 5.22. The lowest BCUT2D eigenvalue weighted by atomic mass is 9.95. The Morgan fingerprint density at radius 1 is 1.39 bits per heavy atom. The van der Waals surface area contributed by atoms with E-state index in [-0.39, 0.29) is 5.41 Å². The van der Waals surface area contributed by atoms with Gasteiger partial charge in [0, 0.05) is 17.9 Å². The highest BCUT2D eigenvalue weighted by Crippen LogP contribution is 2.42. The van der Waals surface area contributed by atoms with E-state index in [1.807, 2.05) is 6.20 Å². The van der Waals surface area contributed by atoms with Gasteiger partial charge in [0.2, 0.25) is 0 Å². The molecule has 0 saturated heterocycles. The van der Waals surface area contributed by atoms with Crippen molar-refractivity contribution in [3.8, 4) is 0 Å². The van der Waals surface area contributed by atoms with E-state index in [0.717, 1.165) is 24.5 Å². The lowest BCUT2D eigenvalue weighted by Gasteiger charge is -2.19. The van der Waals surface area contributed by atoms with Gasteiger partial charge in [0.25, 0.3) is 0 Å². The van der Waals surface area contributed by atoms with Crippen LogP contribution in [-0.2, 0) is 5.41 Å². The zero-order chi connectivity index (χ0) is 13.2. The number of rotatable bonds is 5. The predicted molar refractivity (Wildman–Crippen MR) is 74.9 cm³/mol. The molecule has 0 unspecified atom stereocenters. The molecule has 1 aromatic heterocycles. The molecule has 1 heterocycles. The van der Waals surface area contributed by atoms with Crippen LogP contribution in [-0.4, -0.2) is 23.1 Å². The summed E-state index contributed by atoms with van der Waals surface area (Å²) < 4.78 is 0. The van der Waals surface area contributed by atoms with Crippen LogP contribution in [0.4, 0.5) is 5.69 Å². The summed E-state index contributed by atoms with van der Waals surface area (Å²) in [5, 5.41) is 3.41. The second-order valence-corrected chi connectivity index (χ2v) is 6.09. The molecule has 100 valence electrons. The van der Waals surface area contributed by atoms with Gasteiger partial charge in [-0.2, -0.15) is 0 Å². The van der Waals surface area contributed by atoms with Gasteiger partial charge in [-0.15, -0.1) is 0 Å². The zero-order valence-electron chi connectivity index (χ0n) is 11.7. The van der Waals surface area contributed by atoms with E-state index in [0.29, 0.717) is 12.5 Å². The standard InChI is InChI=1S/C14H24N4/c1-14(2,3)13-17-9-11(16-8-4-7-15)12(18-13)10-5-6-10/h9-10,16H,4-8,15H2,1-3H3. The molecular weight excluding hydrogens is 224 g/mol. The van der Waals surface area contributed by atoms with Crippen LogP contribution >= 0.6 is 0 Å². The van der Waals surface area contributed by atoms with E-state index in [2.05, 4.69) is 31.1 Å². The molecule has 1 aliphatic rings. The van der Waals surface area contributed by atoms with E-state index in [1.165, 1.54) is 18.5 Å². The monoisotopic (exact) mass is 248 g/mol. The molecule has 2 rings (SSSR count). The number of aromatic nitrogens is 2. The van der Waals surface area contributed by atoms with Crippen LogP contribution in [0.3, 0.4) is 0 Å². The minimum absolute atomic E-state index is 0.0133. The van der Waals surface area contributed by atoms with Gasteiger partial charge in [-0.1, -0.05) is 20.8 Å². The first kappa shape index (κ1) is 13.3. The molecule has 1 aliphatic carbocycles. The van der Waals surface area contributed by atoms with Crippen molar-refractivity contribution in [1.82, 2.24) is 9.97 Å². The minimum Gasteiger partial charge on any atom is -0.382 e. The smallest absolute Gasteiger partial charge is 0.134 e. The van der Waals surface area contributed by atoms with Gasteiger partial charge in [0.15, 0.2) is 0 Å². The molecule has 0 aromatic carbocycles. The van der Waals surface area contributed by atoms with Crippen molar-refractivity contribution >= 4 is 5.69 Å². The maximum atomic E-state index is 5.51. The van der Waals surface area contributed by atoms with Crippen molar-refractivity contribution < 1.29 is 0 Å². The average Bonchev–Trinajstić information content (AvgIpc) is 3.12. The number of hydrogen-bond acceptors (Lipinski definition) is 4. The van der Waals surface area contributed by atoms with Gasteiger partial charge >= 0.3 is 0 Å². The van der Waals surface area contributed by atoms with Crippen LogP contribution in [0.15, 0.2) is 6.20 Å². The first-order chi connectivity index (χ1) is 8.52. The number of anilines is 1. The Balaban J connectivity index is 2.19. The highest BCUT2D eigenvalue weighted by Gasteiger charge is 2.29. The second-order valence-electron chi connectivity index (χ2n) is 6.09. The van der Waals surface area contributed by atoms with Gasteiger partial charge < -0.3 is 11.1 Å². The van der Waals surface area contributed by atoms with Gasteiger partial charge in [-0.05, 0) is 25.8 Å². The van der Waals surface area contributed by atoms with Crippen molar-refractivity contribution in [2.75, 3.05) is 18.4 Å². The molecule has 1 saturated carbocycles. The van der Waals surface area contributed by atoms with Crippen molar-refractivity contribution in [3.63, 3.8) is 0 Å². The van der Waals surface area contributed by atoms with Crippen LogP contribution in [0.25, 0.3) is 0 Å². The molecule has 0 amide bonds. The maximum absolute atomic E-state index is 5.51. The van der Waals surface area contributed by atoms with Crippen LogP contribution in [0, 0.1) is 0 Å². The molecule has 3 N–H and O–H groups in total. The summed E-state index contributed by atoms with van der Waals surface area (Å²) in [6.07, 6.45) is 5.43. The van der Waals surface area contributed by atoms with Crippen molar-refractivity contribution in [2.24, 2.45) is 5.73 Å². The molecule has 18 heavy (non-hydrogen) atoms. The van der Waals surface area contributed by atoms with Crippen molar-refractivity contribution in [1.29, 1.82) is 0 Å². The molecule has 4 nitrogen and oxygen atoms in total. The number of nitrogens with two attached hydrogens (primary N) is 1. The Morgan fingerprint density at radius 2 is 2.11 bits per heavy atom. The Labute approximate surface area is 109 Å². The molecule has 1 fully saturated rings. The van der Waals surface area contributed by atoms with Crippen LogP contribution in [0.5, 0.6) is 0 Å². The SMILES string of the molecule is CC(C)(C)c1ncc(NCCCN)c(C2CC2)n1. The summed E-state index contributed by atoms with van der Waals surface area (Å²) in [5.41, 5.74) is 7.82. The summed E-state index contributed by atoms with van der Waals surface area (Å²) >= 11 is 0. The molecular formula is C14H24N4. The topological polar surface area (TPSA) is 63.8 Å². The van der Waals surface area contributed by atoms with Gasteiger partial charge in [0.05, 0.1) is 17.6 Å². The summed E-state index contributed by atoms with van der Waals surface area (Å²) in [5.74, 6) is 1.57. The van der Waals surface area contributed by atoms with Gasteiger partial charge in [0.1, 0.15) is 5.82 Å². The number of hydrogen-bond donors (Lipinski definition) is 2. The Hall–Kier alpha value is -1.16. The van der Waals surface area contributed by atoms with E-state index >= 15 is 0 Å². The third-order valence-corrected chi connectivity index (χ3v) is 3.15. The van der Waals surface area contributed by atoms with Crippen molar-refractivity contribution in [2.45, 2.75) is 51.4 Å². The quantitative estimate of drug-likeness (QED) is 0.785. The molecule has 1 aromatic rings. The fraction of sp³-hybridized carbons (Fsp3) is 0.714. The van der Waals surface area contributed by atoms with Gasteiger partial charge in [-0.25, -0.2) is 9.97 Å². The Kier molecular flexibility index (Phi) is 3.85. The predicted octanol–water partition coefficient (Wildman–Crippen LogP) is 2.41. The third-order valence-electron chi connectivity index (χ3n) is 3.15. The lowest BCUT2D eigenvalue weighted by Crippen LogP contribution is -2.18. The number of nitrogens with one attached hydrogen (secondary N) is 1. The summed E-state index contributed by atoms with van der Waals surface area (Å²) in [6, 6.07) is 0. The lowest BCUT2D eigenvalue weighted by molar-refractivity contribution is 0.541. The average molecular weight is 248 g/mol. The fourth-order valence-electron chi connectivity index (χ4n) is 1.89. The minimum atomic E-state index is 0.0133. The Bertz CT molecular complexity index is 405. The first-order valence-corrected chi connectivity index (χ1v) is 6.83. The zero-order valence-corrected chi connectivity index (χ0v) is 11.7. The van der Waals surface area contributed by atoms with E-state index in [9.17, 15) is 0 Å². The highest BCUT2D eigenvalue weighted by molar-refractivity contribution is 5.49. The summed E-state index contributed by atoms with van der Waals surface area (Å²) in [7, 11) is 0. The number of nitrogens with zero attached hydrogens (tertiary/aromatic N) is 2. The highest BCUT2D eigenvalue weighted by atomic mass is 15.0. The van der Waals surface area contributed by atoms with Crippen LogP contribution in [0.1, 0.15) is 57.5 Å². The normalized spacial score (nSPS) is 15.8. The van der Waals surface area contributed by atoms with Crippen molar-refractivity contribution in [3.05, 3.63) is 17.7 Å². The summed E-state index contributed by atoms with van der Waals surface area (Å²) in [4.78, 5) is 9.27. The van der Waals surface area contributed by atoms with Crippen LogP contribution in [0.2, 0.25) is 0 Å². The molecule has 0 spiro atoms. The fourth-order valence-corrected chi connectivity index (χ4v) is 1.89. The molecule has 4 heteroatoms. The molecule has 0 bridgehead atoms. The van der Waals surface area contributed by atoms with E-state index in [4.69, 9.17) is 10.7 Å². The molecule has 0 atom stereocenters. The largest absolute Gasteiger partial charge is 0.382 e. The van der Waals surface area contributed by atoms with E-state index in [1.54, 1.807) is 0 Å². The van der Waals surface area contributed by atoms with Crippen LogP contribution < -0.4 is 11.1 Å². The maximum Gasteiger partial charge on any atom is 0.134 e. The first-order valence-electron chi connectivity index (χ1n) is 6.83. The molecule has 0 radical (unpaired) electrons. The van der Waals surface area contributed by atoms with E-state index < -0.39 is 0 Å².